The van der Waals surface area contributed by atoms with E-state index in [2.05, 4.69) is 45.1 Å². The van der Waals surface area contributed by atoms with Gasteiger partial charge in [-0.2, -0.15) is 0 Å². The Hall–Kier alpha value is -1.09. The number of methoxy groups -OCH3 is 1. The van der Waals surface area contributed by atoms with Crippen molar-refractivity contribution in [1.82, 2.24) is 0 Å². The molecule has 0 aliphatic carbocycles. The van der Waals surface area contributed by atoms with Gasteiger partial charge in [-0.15, -0.1) is 0 Å². The lowest BCUT2D eigenvalue weighted by atomic mass is 9.91. The van der Waals surface area contributed by atoms with Gasteiger partial charge in [0.05, 0.1) is 19.1 Å². The van der Waals surface area contributed by atoms with E-state index in [1.54, 1.807) is 0 Å². The molecule has 0 bridgehead atoms. The van der Waals surface area contributed by atoms with E-state index < -0.39 is 6.10 Å². The molecule has 0 radical (unpaired) electrons. The highest BCUT2D eigenvalue weighted by Gasteiger charge is 2.26. The summed E-state index contributed by atoms with van der Waals surface area (Å²) >= 11 is 0. The zero-order valence-corrected chi connectivity index (χ0v) is 57.9. The van der Waals surface area contributed by atoms with Crippen LogP contribution >= 0.6 is 0 Å². The molecule has 0 unspecified atom stereocenters. The van der Waals surface area contributed by atoms with Gasteiger partial charge < -0.3 is 9.84 Å². The second-order valence-electron chi connectivity index (χ2n) is 27.5. The SMILES string of the molecule is CCCCCCCCCCCCCCCCCC/C=C\CCCCCCCCCCCCC/C=C\[C@H](C)CCCCCCCCCCCCCCCCC[C@@H](O)[C@H](CCCCCCCCCCCCCCCCCCCCCC)C(=O)OC. The fraction of sp³-hybridized carbons (Fsp3) is 0.938. The van der Waals surface area contributed by atoms with Gasteiger partial charge in [0.15, 0.2) is 0 Å². The summed E-state index contributed by atoms with van der Waals surface area (Å²) in [6, 6.07) is 0. The summed E-state index contributed by atoms with van der Waals surface area (Å²) in [7, 11) is 1.48. The van der Waals surface area contributed by atoms with Gasteiger partial charge in [-0.3, -0.25) is 4.79 Å². The van der Waals surface area contributed by atoms with Crippen LogP contribution in [0.25, 0.3) is 0 Å². The summed E-state index contributed by atoms with van der Waals surface area (Å²) in [5.74, 6) is 0.185. The van der Waals surface area contributed by atoms with Crippen LogP contribution in [0.4, 0.5) is 0 Å². The highest BCUT2D eigenvalue weighted by Crippen LogP contribution is 2.24. The van der Waals surface area contributed by atoms with Crippen LogP contribution in [0.1, 0.15) is 457 Å². The van der Waals surface area contributed by atoms with E-state index in [-0.39, 0.29) is 11.9 Å². The molecule has 0 spiro atoms. The van der Waals surface area contributed by atoms with Gasteiger partial charge in [-0.05, 0) is 63.7 Å². The van der Waals surface area contributed by atoms with E-state index in [0.29, 0.717) is 0 Å². The van der Waals surface area contributed by atoms with E-state index in [1.807, 2.05) is 0 Å². The summed E-state index contributed by atoms with van der Waals surface area (Å²) in [4.78, 5) is 12.5. The summed E-state index contributed by atoms with van der Waals surface area (Å²) < 4.78 is 5.12. The van der Waals surface area contributed by atoms with Gasteiger partial charge in [0.1, 0.15) is 0 Å². The number of ether oxygens (including phenoxy) is 1. The number of rotatable bonds is 73. The Kier molecular flexibility index (Phi) is 72.4. The molecule has 83 heavy (non-hydrogen) atoms. The lowest BCUT2D eigenvalue weighted by molar-refractivity contribution is -0.150. The van der Waals surface area contributed by atoms with Crippen molar-refractivity contribution in [3.8, 4) is 0 Å². The third-order valence-electron chi connectivity index (χ3n) is 19.1. The molecule has 3 heteroatoms. The Bertz CT molecular complexity index is 1240. The van der Waals surface area contributed by atoms with E-state index in [1.165, 1.54) is 412 Å². The van der Waals surface area contributed by atoms with Gasteiger partial charge >= 0.3 is 5.97 Å². The molecule has 0 aromatic carbocycles. The van der Waals surface area contributed by atoms with Gasteiger partial charge in [0.2, 0.25) is 0 Å². The number of hydrogen-bond donors (Lipinski definition) is 1. The molecule has 0 aliphatic rings. The highest BCUT2D eigenvalue weighted by atomic mass is 16.5. The lowest BCUT2D eigenvalue weighted by Crippen LogP contribution is -2.29. The minimum atomic E-state index is -0.555. The number of allylic oxidation sites excluding steroid dienone is 4. The Morgan fingerprint density at radius 1 is 0.289 bits per heavy atom. The average molecular weight is 1170 g/mol. The third kappa shape index (κ3) is 68.3. The molecule has 1 N–H and O–H groups in total. The first-order chi connectivity index (χ1) is 41.1. The topological polar surface area (TPSA) is 46.5 Å². The van der Waals surface area contributed by atoms with Crippen LogP contribution in [-0.4, -0.2) is 24.3 Å². The molecule has 0 saturated heterocycles. The van der Waals surface area contributed by atoms with Gasteiger partial charge in [-0.1, -0.05) is 424 Å². The normalized spacial score (nSPS) is 13.1. The van der Waals surface area contributed by atoms with E-state index in [9.17, 15) is 9.90 Å². The average Bonchev–Trinajstić information content (AvgIpc) is 3.52. The Labute approximate surface area is 524 Å². The van der Waals surface area contributed by atoms with Crippen molar-refractivity contribution < 1.29 is 14.6 Å². The minimum absolute atomic E-state index is 0.213. The molecule has 0 heterocycles. The smallest absolute Gasteiger partial charge is 0.311 e. The Morgan fingerprint density at radius 2 is 0.494 bits per heavy atom. The number of aliphatic hydroxyl groups excluding tert-OH is 1. The monoisotopic (exact) mass is 1170 g/mol. The van der Waals surface area contributed by atoms with Crippen LogP contribution in [0.2, 0.25) is 0 Å². The highest BCUT2D eigenvalue weighted by molar-refractivity contribution is 5.72. The zero-order chi connectivity index (χ0) is 59.9. The molecule has 0 fully saturated rings. The molecule has 0 aromatic heterocycles. The first-order valence-electron chi connectivity index (χ1n) is 39.1. The van der Waals surface area contributed by atoms with E-state index in [4.69, 9.17) is 4.74 Å². The van der Waals surface area contributed by atoms with Gasteiger partial charge in [0.25, 0.3) is 0 Å². The minimum Gasteiger partial charge on any atom is -0.469 e. The van der Waals surface area contributed by atoms with Crippen LogP contribution in [0.3, 0.4) is 0 Å². The van der Waals surface area contributed by atoms with Crippen molar-refractivity contribution in [2.24, 2.45) is 11.8 Å². The molecular formula is C80H156O3. The molecule has 494 valence electrons. The number of esters is 1. The van der Waals surface area contributed by atoms with Crippen molar-refractivity contribution in [1.29, 1.82) is 0 Å². The number of unbranched alkanes of at least 4 members (excludes halogenated alkanes) is 61. The van der Waals surface area contributed by atoms with Crippen LogP contribution in [-0.2, 0) is 9.53 Å². The summed E-state index contributed by atoms with van der Waals surface area (Å²) in [6.45, 7) is 7.04. The summed E-state index contributed by atoms with van der Waals surface area (Å²) in [6.07, 6.45) is 103. The molecular weight excluding hydrogens is 1010 g/mol. The van der Waals surface area contributed by atoms with Crippen molar-refractivity contribution in [2.45, 2.75) is 463 Å². The van der Waals surface area contributed by atoms with Crippen LogP contribution < -0.4 is 0 Å². The maximum absolute atomic E-state index is 12.5. The second kappa shape index (κ2) is 73.4. The third-order valence-corrected chi connectivity index (χ3v) is 19.1. The molecule has 0 amide bonds. The van der Waals surface area contributed by atoms with E-state index in [0.717, 1.165) is 38.0 Å². The largest absolute Gasteiger partial charge is 0.469 e. The number of hydrogen-bond acceptors (Lipinski definition) is 3. The maximum Gasteiger partial charge on any atom is 0.311 e. The maximum atomic E-state index is 12.5. The fourth-order valence-corrected chi connectivity index (χ4v) is 13.1. The van der Waals surface area contributed by atoms with Crippen LogP contribution in [0, 0.1) is 11.8 Å². The summed E-state index contributed by atoms with van der Waals surface area (Å²) in [5, 5.41) is 10.9. The molecule has 0 aromatic rings. The summed E-state index contributed by atoms with van der Waals surface area (Å²) in [5.41, 5.74) is 0. The first-order valence-corrected chi connectivity index (χ1v) is 39.1. The quantitative estimate of drug-likeness (QED) is 0.0375. The second-order valence-corrected chi connectivity index (χ2v) is 27.5. The molecule has 0 rings (SSSR count). The standard InChI is InChI=1S/C80H156O3/c1-5-7-9-11-13-15-17-19-21-23-25-27-28-29-30-31-32-33-34-35-36-37-38-39-40-42-45-49-53-57-61-65-69-73-77(3)74-70-66-62-58-54-50-46-44-48-52-56-60-64-68-72-76-79(81)78(80(82)83-4)75-71-67-63-59-55-51-47-43-41-26-24-22-20-18-16-14-12-10-8-6-2/h33-34,69,73,77-79,81H,5-32,35-68,70-72,74-76H2,1-4H3/b34-33-,73-69-/t77-,78-,79+/m0/s1. The Morgan fingerprint density at radius 3 is 0.747 bits per heavy atom. The number of aliphatic hydroxyl groups is 1. The van der Waals surface area contributed by atoms with Crippen molar-refractivity contribution in [3.05, 3.63) is 24.3 Å². The van der Waals surface area contributed by atoms with E-state index >= 15 is 0 Å². The van der Waals surface area contributed by atoms with Crippen molar-refractivity contribution >= 4 is 5.97 Å². The molecule has 0 aliphatic heterocycles. The molecule has 0 saturated carbocycles. The fourth-order valence-electron chi connectivity index (χ4n) is 13.1. The number of carbonyl (C=O) groups is 1. The van der Waals surface area contributed by atoms with Gasteiger partial charge in [0, 0.05) is 0 Å². The zero-order valence-electron chi connectivity index (χ0n) is 57.9. The van der Waals surface area contributed by atoms with Crippen molar-refractivity contribution in [3.63, 3.8) is 0 Å². The Balaban J connectivity index is 3.44. The van der Waals surface area contributed by atoms with Crippen molar-refractivity contribution in [2.75, 3.05) is 7.11 Å². The predicted molar refractivity (Wildman–Crippen MR) is 374 cm³/mol. The molecule has 3 atom stereocenters. The molecule has 3 nitrogen and oxygen atoms in total. The lowest BCUT2D eigenvalue weighted by Gasteiger charge is -2.20. The van der Waals surface area contributed by atoms with Crippen LogP contribution in [0.5, 0.6) is 0 Å². The number of carbonyl (C=O) groups excluding carboxylic acids is 1. The van der Waals surface area contributed by atoms with Gasteiger partial charge in [-0.25, -0.2) is 0 Å². The predicted octanol–water partition coefficient (Wildman–Crippen LogP) is 28.5. The first kappa shape index (κ1) is 81.9. The van der Waals surface area contributed by atoms with Crippen LogP contribution in [0.15, 0.2) is 24.3 Å².